The smallest absolute Gasteiger partial charge is 0.251 e. The molecule has 0 fully saturated rings. The van der Waals surface area contributed by atoms with Gasteiger partial charge in [0.1, 0.15) is 13.2 Å². The quantitative estimate of drug-likeness (QED) is 0.835. The lowest BCUT2D eigenvalue weighted by molar-refractivity contribution is 0.0939. The van der Waals surface area contributed by atoms with Crippen LogP contribution in [-0.2, 0) is 10.0 Å². The lowest BCUT2D eigenvalue weighted by atomic mass is 10.1. The molecule has 138 valence electrons. The SMILES string of the molecule is C[C@H](NC(=O)c1cccc(NS(C)(=O)=O)c1)c1ccc2c(c1)OCCO2. The van der Waals surface area contributed by atoms with Crippen molar-refractivity contribution in [2.45, 2.75) is 13.0 Å². The zero-order valence-corrected chi connectivity index (χ0v) is 15.3. The van der Waals surface area contributed by atoms with Crippen molar-refractivity contribution in [1.29, 1.82) is 0 Å². The topological polar surface area (TPSA) is 93.7 Å². The van der Waals surface area contributed by atoms with Gasteiger partial charge < -0.3 is 14.8 Å². The molecule has 0 unspecified atom stereocenters. The van der Waals surface area contributed by atoms with E-state index in [1.165, 1.54) is 6.07 Å². The lowest BCUT2D eigenvalue weighted by Crippen LogP contribution is -2.27. The van der Waals surface area contributed by atoms with Crippen LogP contribution in [0.1, 0.15) is 28.9 Å². The van der Waals surface area contributed by atoms with Crippen LogP contribution in [0.5, 0.6) is 11.5 Å². The van der Waals surface area contributed by atoms with Gasteiger partial charge in [0.05, 0.1) is 12.3 Å². The van der Waals surface area contributed by atoms with E-state index < -0.39 is 10.0 Å². The Kier molecular flexibility index (Phi) is 5.03. The van der Waals surface area contributed by atoms with Crippen molar-refractivity contribution >= 4 is 21.6 Å². The second-order valence-electron chi connectivity index (χ2n) is 6.05. The van der Waals surface area contributed by atoms with Gasteiger partial charge in [0.25, 0.3) is 5.91 Å². The van der Waals surface area contributed by atoms with Gasteiger partial charge in [0, 0.05) is 11.3 Å². The summed E-state index contributed by atoms with van der Waals surface area (Å²) in [5.41, 5.74) is 1.59. The number of fused-ring (bicyclic) bond motifs is 1. The molecule has 2 aromatic carbocycles. The molecule has 0 spiro atoms. The molecule has 1 aliphatic rings. The second-order valence-corrected chi connectivity index (χ2v) is 7.80. The number of benzene rings is 2. The first kappa shape index (κ1) is 18.1. The summed E-state index contributed by atoms with van der Waals surface area (Å²) in [7, 11) is -3.40. The highest BCUT2D eigenvalue weighted by Gasteiger charge is 2.17. The molecule has 0 aliphatic carbocycles. The minimum atomic E-state index is -3.40. The predicted molar refractivity (Wildman–Crippen MR) is 98.2 cm³/mol. The summed E-state index contributed by atoms with van der Waals surface area (Å²) in [6.45, 7) is 2.88. The summed E-state index contributed by atoms with van der Waals surface area (Å²) in [6, 6.07) is 11.6. The average Bonchev–Trinajstić information content (AvgIpc) is 2.60. The molecule has 2 N–H and O–H groups in total. The Balaban J connectivity index is 1.72. The van der Waals surface area contributed by atoms with Gasteiger partial charge in [0.15, 0.2) is 11.5 Å². The summed E-state index contributed by atoms with van der Waals surface area (Å²) < 4.78 is 36.1. The summed E-state index contributed by atoms with van der Waals surface area (Å²) in [4.78, 5) is 12.5. The highest BCUT2D eigenvalue weighted by Crippen LogP contribution is 2.32. The number of anilines is 1. The predicted octanol–water partition coefficient (Wildman–Crippen LogP) is 2.32. The minimum Gasteiger partial charge on any atom is -0.486 e. The van der Waals surface area contributed by atoms with E-state index in [1.807, 2.05) is 25.1 Å². The molecule has 7 nitrogen and oxygen atoms in total. The van der Waals surface area contributed by atoms with Crippen molar-refractivity contribution in [3.8, 4) is 11.5 Å². The van der Waals surface area contributed by atoms with Crippen LogP contribution >= 0.6 is 0 Å². The van der Waals surface area contributed by atoms with E-state index in [2.05, 4.69) is 10.0 Å². The zero-order valence-electron chi connectivity index (χ0n) is 14.5. The average molecular weight is 376 g/mol. The van der Waals surface area contributed by atoms with Crippen LogP contribution in [0.15, 0.2) is 42.5 Å². The van der Waals surface area contributed by atoms with Crippen LogP contribution in [0.3, 0.4) is 0 Å². The number of rotatable bonds is 5. The fourth-order valence-electron chi connectivity index (χ4n) is 2.63. The van der Waals surface area contributed by atoms with Crippen LogP contribution in [0.4, 0.5) is 5.69 Å². The third-order valence-electron chi connectivity index (χ3n) is 3.84. The number of hydrogen-bond donors (Lipinski definition) is 2. The van der Waals surface area contributed by atoms with Crippen LogP contribution in [0.25, 0.3) is 0 Å². The summed E-state index contributed by atoms with van der Waals surface area (Å²) in [6.07, 6.45) is 1.06. The number of amides is 1. The first-order valence-corrected chi connectivity index (χ1v) is 9.99. The van der Waals surface area contributed by atoms with Gasteiger partial charge in [-0.1, -0.05) is 12.1 Å². The maximum Gasteiger partial charge on any atom is 0.251 e. The van der Waals surface area contributed by atoms with E-state index in [0.29, 0.717) is 36.0 Å². The first-order chi connectivity index (χ1) is 12.3. The molecule has 0 bridgehead atoms. The van der Waals surface area contributed by atoms with Crippen LogP contribution < -0.4 is 19.5 Å². The number of carbonyl (C=O) groups excluding carboxylic acids is 1. The Morgan fingerprint density at radius 1 is 1.08 bits per heavy atom. The number of hydrogen-bond acceptors (Lipinski definition) is 5. The third kappa shape index (κ3) is 4.45. The highest BCUT2D eigenvalue weighted by atomic mass is 32.2. The number of nitrogens with one attached hydrogen (secondary N) is 2. The van der Waals surface area contributed by atoms with E-state index in [9.17, 15) is 13.2 Å². The molecule has 0 aromatic heterocycles. The Labute approximate surface area is 152 Å². The highest BCUT2D eigenvalue weighted by molar-refractivity contribution is 7.92. The van der Waals surface area contributed by atoms with Crippen molar-refractivity contribution in [2.24, 2.45) is 0 Å². The fourth-order valence-corrected chi connectivity index (χ4v) is 3.19. The van der Waals surface area contributed by atoms with Crippen molar-refractivity contribution in [1.82, 2.24) is 5.32 Å². The normalized spacial score (nSPS) is 14.4. The molecule has 2 aromatic rings. The van der Waals surface area contributed by atoms with E-state index in [4.69, 9.17) is 9.47 Å². The second kappa shape index (κ2) is 7.25. The number of ether oxygens (including phenoxy) is 2. The van der Waals surface area contributed by atoms with Gasteiger partial charge in [-0.2, -0.15) is 0 Å². The summed E-state index contributed by atoms with van der Waals surface area (Å²) in [5.74, 6) is 1.05. The van der Waals surface area contributed by atoms with Gasteiger partial charge in [-0.15, -0.1) is 0 Å². The molecule has 1 amide bonds. The van der Waals surface area contributed by atoms with E-state index >= 15 is 0 Å². The van der Waals surface area contributed by atoms with Crippen molar-refractivity contribution in [2.75, 3.05) is 24.2 Å². The standard InChI is InChI=1S/C18H20N2O5S/c1-12(13-6-7-16-17(11-13)25-9-8-24-16)19-18(21)14-4-3-5-15(10-14)20-26(2,22)23/h3-7,10-12,20H,8-9H2,1-2H3,(H,19,21)/t12-/m0/s1. The van der Waals surface area contributed by atoms with Crippen LogP contribution in [0, 0.1) is 0 Å². The van der Waals surface area contributed by atoms with Gasteiger partial charge in [-0.25, -0.2) is 8.42 Å². The Morgan fingerprint density at radius 2 is 1.81 bits per heavy atom. The zero-order chi connectivity index (χ0) is 18.7. The Bertz CT molecular complexity index is 927. The molecule has 1 atom stereocenters. The maximum absolute atomic E-state index is 12.5. The van der Waals surface area contributed by atoms with E-state index in [-0.39, 0.29) is 11.9 Å². The van der Waals surface area contributed by atoms with Gasteiger partial charge >= 0.3 is 0 Å². The largest absolute Gasteiger partial charge is 0.486 e. The molecule has 26 heavy (non-hydrogen) atoms. The van der Waals surface area contributed by atoms with Crippen molar-refractivity contribution in [3.05, 3.63) is 53.6 Å². The molecule has 1 heterocycles. The van der Waals surface area contributed by atoms with E-state index in [0.717, 1.165) is 11.8 Å². The summed E-state index contributed by atoms with van der Waals surface area (Å²) >= 11 is 0. The third-order valence-corrected chi connectivity index (χ3v) is 4.45. The Hall–Kier alpha value is -2.74. The first-order valence-electron chi connectivity index (χ1n) is 8.10. The number of sulfonamides is 1. The van der Waals surface area contributed by atoms with Gasteiger partial charge in [-0.3, -0.25) is 9.52 Å². The molecular weight excluding hydrogens is 356 g/mol. The van der Waals surface area contributed by atoms with E-state index in [1.54, 1.807) is 18.2 Å². The van der Waals surface area contributed by atoms with Gasteiger partial charge in [0.2, 0.25) is 10.0 Å². The fraction of sp³-hybridized carbons (Fsp3) is 0.278. The van der Waals surface area contributed by atoms with Crippen LogP contribution in [0.2, 0.25) is 0 Å². The monoisotopic (exact) mass is 376 g/mol. The summed E-state index contributed by atoms with van der Waals surface area (Å²) in [5, 5.41) is 2.90. The molecule has 0 saturated heterocycles. The molecule has 3 rings (SSSR count). The molecule has 8 heteroatoms. The molecular formula is C18H20N2O5S. The van der Waals surface area contributed by atoms with Crippen molar-refractivity contribution < 1.29 is 22.7 Å². The van der Waals surface area contributed by atoms with Gasteiger partial charge in [-0.05, 0) is 42.8 Å². The maximum atomic E-state index is 12.5. The molecule has 0 saturated carbocycles. The lowest BCUT2D eigenvalue weighted by Gasteiger charge is -2.21. The number of carbonyl (C=O) groups is 1. The molecule has 1 aliphatic heterocycles. The van der Waals surface area contributed by atoms with Crippen LogP contribution in [-0.4, -0.2) is 33.8 Å². The Morgan fingerprint density at radius 3 is 2.54 bits per heavy atom. The minimum absolute atomic E-state index is 0.259. The van der Waals surface area contributed by atoms with Crippen molar-refractivity contribution in [3.63, 3.8) is 0 Å². The molecule has 0 radical (unpaired) electrons.